The smallest absolute Gasteiger partial charge is 0.142 e. The van der Waals surface area contributed by atoms with Crippen LogP contribution in [0.1, 0.15) is 11.1 Å². The van der Waals surface area contributed by atoms with Gasteiger partial charge in [-0.05, 0) is 36.8 Å². The molecule has 0 fully saturated rings. The van der Waals surface area contributed by atoms with Crippen LogP contribution in [0.3, 0.4) is 0 Å². The summed E-state index contributed by atoms with van der Waals surface area (Å²) in [4.78, 5) is 0. The summed E-state index contributed by atoms with van der Waals surface area (Å²) in [6, 6.07) is 12.4. The van der Waals surface area contributed by atoms with Crippen molar-refractivity contribution in [1.82, 2.24) is 0 Å². The van der Waals surface area contributed by atoms with E-state index in [0.717, 1.165) is 11.3 Å². The minimum absolute atomic E-state index is 0.129. The van der Waals surface area contributed by atoms with Crippen LogP contribution in [0.25, 0.3) is 0 Å². The minimum atomic E-state index is -0.420. The molecule has 0 saturated heterocycles. The van der Waals surface area contributed by atoms with E-state index in [1.54, 1.807) is 6.07 Å². The second-order valence-electron chi connectivity index (χ2n) is 3.85. The fourth-order valence-electron chi connectivity index (χ4n) is 1.43. The molecule has 0 N–H and O–H groups in total. The van der Waals surface area contributed by atoms with E-state index in [9.17, 15) is 4.39 Å². The largest absolute Gasteiger partial charge is 0.489 e. The van der Waals surface area contributed by atoms with Crippen molar-refractivity contribution < 1.29 is 9.13 Å². The van der Waals surface area contributed by atoms with Gasteiger partial charge in [-0.1, -0.05) is 35.4 Å². The van der Waals surface area contributed by atoms with Crippen LogP contribution in [0.4, 0.5) is 4.39 Å². The van der Waals surface area contributed by atoms with Crippen LogP contribution in [-0.2, 0) is 6.61 Å². The summed E-state index contributed by atoms with van der Waals surface area (Å²) < 4.78 is 18.7. The van der Waals surface area contributed by atoms with Crippen LogP contribution in [0, 0.1) is 12.7 Å². The predicted octanol–water partition coefficient (Wildman–Crippen LogP) is 4.37. The maximum Gasteiger partial charge on any atom is 0.142 e. The molecule has 0 bridgehead atoms. The first kappa shape index (κ1) is 11.9. The summed E-state index contributed by atoms with van der Waals surface area (Å²) >= 11 is 5.60. The number of halogens is 2. The summed E-state index contributed by atoms with van der Waals surface area (Å²) in [5.41, 5.74) is 1.93. The average Bonchev–Trinajstić information content (AvgIpc) is 2.33. The fraction of sp³-hybridized carbons (Fsp3) is 0.143. The highest BCUT2D eigenvalue weighted by atomic mass is 35.5. The van der Waals surface area contributed by atoms with Crippen molar-refractivity contribution >= 4 is 11.6 Å². The predicted molar refractivity (Wildman–Crippen MR) is 66.9 cm³/mol. The molecule has 0 aliphatic rings. The Hall–Kier alpha value is -1.54. The highest BCUT2D eigenvalue weighted by Gasteiger charge is 2.01. The van der Waals surface area contributed by atoms with Crippen molar-refractivity contribution in [2.45, 2.75) is 13.5 Å². The minimum Gasteiger partial charge on any atom is -0.489 e. The monoisotopic (exact) mass is 250 g/mol. The van der Waals surface area contributed by atoms with E-state index >= 15 is 0 Å². The lowest BCUT2D eigenvalue weighted by Gasteiger charge is -2.07. The Morgan fingerprint density at radius 3 is 2.47 bits per heavy atom. The normalized spacial score (nSPS) is 10.3. The van der Waals surface area contributed by atoms with Gasteiger partial charge in [-0.2, -0.15) is 0 Å². The van der Waals surface area contributed by atoms with Crippen LogP contribution in [-0.4, -0.2) is 0 Å². The quantitative estimate of drug-likeness (QED) is 0.786. The summed E-state index contributed by atoms with van der Waals surface area (Å²) in [5.74, 6) is 0.350. The number of hydrogen-bond acceptors (Lipinski definition) is 1. The Morgan fingerprint density at radius 2 is 1.82 bits per heavy atom. The van der Waals surface area contributed by atoms with Crippen molar-refractivity contribution in [1.29, 1.82) is 0 Å². The van der Waals surface area contributed by atoms with Gasteiger partial charge >= 0.3 is 0 Å². The molecular formula is C14H12ClFO. The van der Waals surface area contributed by atoms with E-state index in [2.05, 4.69) is 0 Å². The van der Waals surface area contributed by atoms with E-state index in [0.29, 0.717) is 6.61 Å². The first-order chi connectivity index (χ1) is 8.15. The van der Waals surface area contributed by atoms with Gasteiger partial charge in [0.15, 0.2) is 0 Å². The van der Waals surface area contributed by atoms with Gasteiger partial charge in [0.25, 0.3) is 0 Å². The van der Waals surface area contributed by atoms with E-state index < -0.39 is 5.82 Å². The van der Waals surface area contributed by atoms with Gasteiger partial charge in [-0.15, -0.1) is 0 Å². The molecule has 0 aliphatic heterocycles. The van der Waals surface area contributed by atoms with Gasteiger partial charge in [0.1, 0.15) is 18.2 Å². The second-order valence-corrected chi connectivity index (χ2v) is 4.26. The summed E-state index contributed by atoms with van der Waals surface area (Å²) in [6.45, 7) is 2.34. The zero-order chi connectivity index (χ0) is 12.3. The molecular weight excluding hydrogens is 239 g/mol. The molecule has 0 spiro atoms. The third-order valence-corrected chi connectivity index (χ3v) is 2.72. The summed E-state index contributed by atoms with van der Waals surface area (Å²) in [7, 11) is 0. The maximum atomic E-state index is 13.2. The Bertz CT molecular complexity index is 508. The summed E-state index contributed by atoms with van der Waals surface area (Å²) in [6.07, 6.45) is 0. The van der Waals surface area contributed by atoms with Gasteiger partial charge in [-0.25, -0.2) is 4.39 Å². The van der Waals surface area contributed by atoms with Crippen molar-refractivity contribution in [3.05, 3.63) is 64.4 Å². The van der Waals surface area contributed by atoms with Crippen LogP contribution in [0.15, 0.2) is 42.5 Å². The van der Waals surface area contributed by atoms with Gasteiger partial charge in [-0.3, -0.25) is 0 Å². The topological polar surface area (TPSA) is 9.23 Å². The number of rotatable bonds is 3. The van der Waals surface area contributed by atoms with E-state index in [1.165, 1.54) is 17.7 Å². The van der Waals surface area contributed by atoms with E-state index in [1.807, 2.05) is 31.2 Å². The number of aryl methyl sites for hydroxylation is 1. The third kappa shape index (κ3) is 3.21. The molecule has 3 heteroatoms. The SMILES string of the molecule is Cc1ccc(OCc2ccc(Cl)c(F)c2)cc1. The van der Waals surface area contributed by atoms with Crippen LogP contribution >= 0.6 is 11.6 Å². The maximum absolute atomic E-state index is 13.2. The van der Waals surface area contributed by atoms with Gasteiger partial charge in [0.2, 0.25) is 0 Å². The highest BCUT2D eigenvalue weighted by Crippen LogP contribution is 2.18. The number of benzene rings is 2. The molecule has 0 aromatic heterocycles. The van der Waals surface area contributed by atoms with E-state index in [-0.39, 0.29) is 5.02 Å². The molecule has 1 nitrogen and oxygen atoms in total. The Morgan fingerprint density at radius 1 is 1.12 bits per heavy atom. The van der Waals surface area contributed by atoms with E-state index in [4.69, 9.17) is 16.3 Å². The molecule has 2 aromatic carbocycles. The molecule has 2 aromatic rings. The standard InChI is InChI=1S/C14H12ClFO/c1-10-2-5-12(6-3-10)17-9-11-4-7-13(15)14(16)8-11/h2-8H,9H2,1H3. The molecule has 0 amide bonds. The van der Waals surface area contributed by atoms with Crippen LogP contribution in [0.5, 0.6) is 5.75 Å². The van der Waals surface area contributed by atoms with Gasteiger partial charge < -0.3 is 4.74 Å². The van der Waals surface area contributed by atoms with Crippen LogP contribution in [0.2, 0.25) is 5.02 Å². The molecule has 0 radical (unpaired) electrons. The lowest BCUT2D eigenvalue weighted by Crippen LogP contribution is -1.96. The van der Waals surface area contributed by atoms with Gasteiger partial charge in [0, 0.05) is 0 Å². The van der Waals surface area contributed by atoms with Crippen LogP contribution < -0.4 is 4.74 Å². The molecule has 88 valence electrons. The first-order valence-corrected chi connectivity index (χ1v) is 5.66. The molecule has 0 aliphatic carbocycles. The Labute approximate surface area is 105 Å². The first-order valence-electron chi connectivity index (χ1n) is 5.28. The second kappa shape index (κ2) is 5.19. The molecule has 0 unspecified atom stereocenters. The molecule has 0 atom stereocenters. The van der Waals surface area contributed by atoms with Crippen molar-refractivity contribution in [3.8, 4) is 5.75 Å². The van der Waals surface area contributed by atoms with Gasteiger partial charge in [0.05, 0.1) is 5.02 Å². The molecule has 17 heavy (non-hydrogen) atoms. The lowest BCUT2D eigenvalue weighted by molar-refractivity contribution is 0.305. The molecule has 0 saturated carbocycles. The van der Waals surface area contributed by atoms with Crippen molar-refractivity contribution in [2.24, 2.45) is 0 Å². The lowest BCUT2D eigenvalue weighted by atomic mass is 10.2. The zero-order valence-electron chi connectivity index (χ0n) is 9.41. The Kier molecular flexibility index (Phi) is 3.64. The molecule has 0 heterocycles. The van der Waals surface area contributed by atoms with Crippen molar-refractivity contribution in [3.63, 3.8) is 0 Å². The highest BCUT2D eigenvalue weighted by molar-refractivity contribution is 6.30. The number of ether oxygens (including phenoxy) is 1. The van der Waals surface area contributed by atoms with Crippen molar-refractivity contribution in [2.75, 3.05) is 0 Å². The third-order valence-electron chi connectivity index (χ3n) is 2.41. The fourth-order valence-corrected chi connectivity index (χ4v) is 1.55. The number of hydrogen-bond donors (Lipinski definition) is 0. The zero-order valence-corrected chi connectivity index (χ0v) is 10.2. The molecule has 2 rings (SSSR count). The summed E-state index contributed by atoms with van der Waals surface area (Å²) in [5, 5.41) is 0.129. The average molecular weight is 251 g/mol. The Balaban J connectivity index is 2.02.